The van der Waals surface area contributed by atoms with Gasteiger partial charge >= 0.3 is 0 Å². The van der Waals surface area contributed by atoms with Crippen LogP contribution in [0, 0.1) is 6.92 Å². The molecule has 2 N–H and O–H groups in total. The molecule has 0 fully saturated rings. The van der Waals surface area contributed by atoms with Gasteiger partial charge in [-0.2, -0.15) is 5.10 Å². The number of aliphatic hydroxyl groups excluding tert-OH is 2. The molecule has 5 nitrogen and oxygen atoms in total. The molecule has 0 saturated carbocycles. The van der Waals surface area contributed by atoms with Gasteiger partial charge in [-0.25, -0.2) is 4.68 Å². The van der Waals surface area contributed by atoms with E-state index < -0.39 is 6.10 Å². The van der Waals surface area contributed by atoms with Crippen molar-refractivity contribution in [1.82, 2.24) is 9.78 Å². The third-order valence-electron chi connectivity index (χ3n) is 1.59. The fourth-order valence-corrected chi connectivity index (χ4v) is 0.939. The maximum absolute atomic E-state index is 11.1. The molecule has 1 aromatic rings. The van der Waals surface area contributed by atoms with Crippen LogP contribution >= 0.6 is 0 Å². The van der Waals surface area contributed by atoms with Crippen LogP contribution in [0.15, 0.2) is 16.9 Å². The molecule has 0 aliphatic carbocycles. The van der Waals surface area contributed by atoms with E-state index in [0.717, 1.165) is 4.68 Å². The second-order valence-corrected chi connectivity index (χ2v) is 2.83. The summed E-state index contributed by atoms with van der Waals surface area (Å²) < 4.78 is 1.14. The molecule has 1 atom stereocenters. The summed E-state index contributed by atoms with van der Waals surface area (Å²) in [5.41, 5.74) is 0.419. The lowest BCUT2D eigenvalue weighted by Crippen LogP contribution is -2.30. The second-order valence-electron chi connectivity index (χ2n) is 2.83. The largest absolute Gasteiger partial charge is 0.394 e. The van der Waals surface area contributed by atoms with E-state index in [9.17, 15) is 4.79 Å². The van der Waals surface area contributed by atoms with E-state index in [0.29, 0.717) is 5.69 Å². The zero-order valence-corrected chi connectivity index (χ0v) is 7.34. The van der Waals surface area contributed by atoms with Crippen LogP contribution in [0.1, 0.15) is 5.69 Å². The molecular formula is C8H12N2O3. The van der Waals surface area contributed by atoms with Crippen molar-refractivity contribution in [2.75, 3.05) is 6.61 Å². The fraction of sp³-hybridized carbons (Fsp3) is 0.500. The van der Waals surface area contributed by atoms with Crippen LogP contribution in [-0.4, -0.2) is 32.7 Å². The minimum absolute atomic E-state index is 0.0248. The Morgan fingerprint density at radius 2 is 2.31 bits per heavy atom. The summed E-state index contributed by atoms with van der Waals surface area (Å²) in [6, 6.07) is 2.98. The van der Waals surface area contributed by atoms with Crippen LogP contribution in [-0.2, 0) is 6.54 Å². The first kappa shape index (κ1) is 9.88. The highest BCUT2D eigenvalue weighted by Gasteiger charge is 2.05. The molecule has 0 spiro atoms. The fourth-order valence-electron chi connectivity index (χ4n) is 0.939. The van der Waals surface area contributed by atoms with Crippen LogP contribution in [0.5, 0.6) is 0 Å². The lowest BCUT2D eigenvalue weighted by Gasteiger charge is -2.08. The van der Waals surface area contributed by atoms with Crippen LogP contribution in [0.2, 0.25) is 0 Å². The van der Waals surface area contributed by atoms with E-state index in [4.69, 9.17) is 10.2 Å². The molecule has 0 aliphatic heterocycles. The Hall–Kier alpha value is -1.20. The van der Waals surface area contributed by atoms with Gasteiger partial charge in [0.05, 0.1) is 24.9 Å². The molecule has 72 valence electrons. The Kier molecular flexibility index (Phi) is 3.16. The van der Waals surface area contributed by atoms with Crippen molar-refractivity contribution in [1.29, 1.82) is 0 Å². The molecule has 0 bridgehead atoms. The van der Waals surface area contributed by atoms with Gasteiger partial charge in [0.25, 0.3) is 5.56 Å². The van der Waals surface area contributed by atoms with E-state index in [1.807, 2.05) is 0 Å². The molecule has 5 heteroatoms. The lowest BCUT2D eigenvalue weighted by molar-refractivity contribution is 0.0768. The number of aliphatic hydroxyl groups is 2. The SMILES string of the molecule is Cc1ccc(=O)n(CC(O)CO)n1. The van der Waals surface area contributed by atoms with Crippen molar-refractivity contribution in [3.8, 4) is 0 Å². The highest BCUT2D eigenvalue weighted by molar-refractivity contribution is 4.97. The van der Waals surface area contributed by atoms with Gasteiger partial charge in [-0.15, -0.1) is 0 Å². The topological polar surface area (TPSA) is 75.4 Å². The number of hydrogen-bond acceptors (Lipinski definition) is 4. The standard InChI is InChI=1S/C8H12N2O3/c1-6-2-3-8(13)10(9-6)4-7(12)5-11/h2-3,7,11-12H,4-5H2,1H3. The Labute approximate surface area is 75.3 Å². The predicted molar refractivity (Wildman–Crippen MR) is 46.3 cm³/mol. The van der Waals surface area contributed by atoms with Gasteiger partial charge in [-0.1, -0.05) is 0 Å². The minimum Gasteiger partial charge on any atom is -0.394 e. The van der Waals surface area contributed by atoms with E-state index in [-0.39, 0.29) is 18.7 Å². The number of nitrogens with zero attached hydrogens (tertiary/aromatic N) is 2. The molecule has 0 amide bonds. The van der Waals surface area contributed by atoms with Gasteiger partial charge in [0.15, 0.2) is 0 Å². The summed E-state index contributed by atoms with van der Waals surface area (Å²) in [6.07, 6.45) is -0.938. The summed E-state index contributed by atoms with van der Waals surface area (Å²) in [5.74, 6) is 0. The summed E-state index contributed by atoms with van der Waals surface area (Å²) in [4.78, 5) is 11.1. The molecule has 0 aliphatic rings. The van der Waals surface area contributed by atoms with Gasteiger partial charge in [0.1, 0.15) is 0 Å². The second kappa shape index (κ2) is 4.15. The molecule has 1 aromatic heterocycles. The van der Waals surface area contributed by atoms with Gasteiger partial charge < -0.3 is 10.2 Å². The number of aromatic nitrogens is 2. The first-order valence-electron chi connectivity index (χ1n) is 3.97. The smallest absolute Gasteiger partial charge is 0.266 e. The molecule has 0 saturated heterocycles. The van der Waals surface area contributed by atoms with Crippen molar-refractivity contribution in [2.45, 2.75) is 19.6 Å². The Balaban J connectivity index is 2.87. The van der Waals surface area contributed by atoms with Gasteiger partial charge in [-0.3, -0.25) is 4.79 Å². The number of rotatable bonds is 3. The van der Waals surface area contributed by atoms with E-state index in [2.05, 4.69) is 5.10 Å². The Morgan fingerprint density at radius 3 is 2.92 bits per heavy atom. The van der Waals surface area contributed by atoms with Crippen molar-refractivity contribution in [3.05, 3.63) is 28.2 Å². The number of aryl methyl sites for hydroxylation is 1. The molecule has 1 unspecified atom stereocenters. The highest BCUT2D eigenvalue weighted by Crippen LogP contribution is 1.88. The van der Waals surface area contributed by atoms with Gasteiger partial charge in [-0.05, 0) is 13.0 Å². The van der Waals surface area contributed by atoms with Crippen LogP contribution in [0.3, 0.4) is 0 Å². The molecule has 0 aromatic carbocycles. The zero-order chi connectivity index (χ0) is 9.84. The monoisotopic (exact) mass is 184 g/mol. The Bertz CT molecular complexity index is 334. The van der Waals surface area contributed by atoms with Crippen LogP contribution in [0.4, 0.5) is 0 Å². The zero-order valence-electron chi connectivity index (χ0n) is 7.34. The summed E-state index contributed by atoms with van der Waals surface area (Å²) in [6.45, 7) is 1.40. The predicted octanol–water partition coefficient (Wildman–Crippen LogP) is -1.10. The molecular weight excluding hydrogens is 172 g/mol. The summed E-state index contributed by atoms with van der Waals surface area (Å²) in [5, 5.41) is 21.5. The quantitative estimate of drug-likeness (QED) is 0.625. The summed E-state index contributed by atoms with van der Waals surface area (Å²) >= 11 is 0. The minimum atomic E-state index is -0.938. The maximum atomic E-state index is 11.1. The van der Waals surface area contributed by atoms with E-state index >= 15 is 0 Å². The van der Waals surface area contributed by atoms with Crippen molar-refractivity contribution in [2.24, 2.45) is 0 Å². The average Bonchev–Trinajstić information content (AvgIpc) is 2.11. The van der Waals surface area contributed by atoms with E-state index in [1.165, 1.54) is 6.07 Å². The van der Waals surface area contributed by atoms with Gasteiger partial charge in [0.2, 0.25) is 0 Å². The molecule has 13 heavy (non-hydrogen) atoms. The average molecular weight is 184 g/mol. The molecule has 1 heterocycles. The first-order valence-corrected chi connectivity index (χ1v) is 3.97. The maximum Gasteiger partial charge on any atom is 0.266 e. The number of hydrogen-bond donors (Lipinski definition) is 2. The van der Waals surface area contributed by atoms with Crippen molar-refractivity contribution in [3.63, 3.8) is 0 Å². The normalized spacial score (nSPS) is 12.8. The third-order valence-corrected chi connectivity index (χ3v) is 1.59. The first-order chi connectivity index (χ1) is 6.13. The van der Waals surface area contributed by atoms with Crippen molar-refractivity contribution < 1.29 is 10.2 Å². The Morgan fingerprint density at radius 1 is 1.62 bits per heavy atom. The summed E-state index contributed by atoms with van der Waals surface area (Å²) in [7, 11) is 0. The molecule has 1 rings (SSSR count). The van der Waals surface area contributed by atoms with Crippen LogP contribution < -0.4 is 5.56 Å². The lowest BCUT2D eigenvalue weighted by atomic mass is 10.3. The van der Waals surface area contributed by atoms with Crippen molar-refractivity contribution >= 4 is 0 Å². The van der Waals surface area contributed by atoms with Gasteiger partial charge in [0, 0.05) is 6.07 Å². The molecule has 0 radical (unpaired) electrons. The highest BCUT2D eigenvalue weighted by atomic mass is 16.3. The third kappa shape index (κ3) is 2.64. The van der Waals surface area contributed by atoms with E-state index in [1.54, 1.807) is 13.0 Å². The van der Waals surface area contributed by atoms with Crippen LogP contribution in [0.25, 0.3) is 0 Å².